The Balaban J connectivity index is 1.48. The molecule has 2 aromatic carbocycles. The maximum Gasteiger partial charge on any atom is 0.321 e. The first-order valence-corrected chi connectivity index (χ1v) is 13.5. The minimum atomic E-state index is -3.94. The van der Waals surface area contributed by atoms with Gasteiger partial charge in [0.1, 0.15) is 6.54 Å². The molecule has 0 atom stereocenters. The van der Waals surface area contributed by atoms with Crippen molar-refractivity contribution in [2.75, 3.05) is 46.4 Å². The molecule has 0 N–H and O–H groups in total. The van der Waals surface area contributed by atoms with Gasteiger partial charge in [-0.2, -0.15) is 8.61 Å². The van der Waals surface area contributed by atoms with E-state index < -0.39 is 45.1 Å². The van der Waals surface area contributed by atoms with Gasteiger partial charge in [0, 0.05) is 38.2 Å². The maximum atomic E-state index is 12.7. The molecule has 34 heavy (non-hydrogen) atoms. The van der Waals surface area contributed by atoms with Crippen LogP contribution in [0.1, 0.15) is 0 Å². The van der Waals surface area contributed by atoms with Crippen LogP contribution in [0.15, 0.2) is 64.4 Å². The Kier molecular flexibility index (Phi) is 8.31. The van der Waals surface area contributed by atoms with Crippen molar-refractivity contribution in [2.45, 2.75) is 9.79 Å². The molecule has 0 bridgehead atoms. The second-order valence-electron chi connectivity index (χ2n) is 7.47. The van der Waals surface area contributed by atoms with Crippen LogP contribution in [0, 0.1) is 0 Å². The number of sulfonamides is 2. The Labute approximate surface area is 203 Å². The topological polar surface area (TPSA) is 121 Å². The van der Waals surface area contributed by atoms with E-state index in [4.69, 9.17) is 16.3 Å². The minimum absolute atomic E-state index is 0.0356. The van der Waals surface area contributed by atoms with Crippen molar-refractivity contribution in [1.29, 1.82) is 0 Å². The third-order valence-corrected chi connectivity index (χ3v) is 9.18. The number of halogens is 1. The van der Waals surface area contributed by atoms with E-state index in [1.54, 1.807) is 18.2 Å². The van der Waals surface area contributed by atoms with Crippen LogP contribution in [0.4, 0.5) is 0 Å². The molecular weight excluding hydrogens is 506 g/mol. The van der Waals surface area contributed by atoms with E-state index in [9.17, 15) is 26.4 Å². The molecule has 1 aliphatic rings. The lowest BCUT2D eigenvalue weighted by Crippen LogP contribution is -2.51. The molecule has 10 nitrogen and oxygen atoms in total. The van der Waals surface area contributed by atoms with Crippen LogP contribution in [0.2, 0.25) is 5.02 Å². The number of piperazine rings is 1. The van der Waals surface area contributed by atoms with Gasteiger partial charge >= 0.3 is 5.97 Å². The van der Waals surface area contributed by atoms with Crippen LogP contribution in [0.25, 0.3) is 0 Å². The number of carbonyl (C=O) groups is 2. The lowest BCUT2D eigenvalue weighted by molar-refractivity contribution is -0.152. The third-order valence-electron chi connectivity index (χ3n) is 5.20. The molecule has 0 aromatic heterocycles. The largest absolute Gasteiger partial charge is 0.455 e. The predicted octanol–water partition coefficient (Wildman–Crippen LogP) is 1.04. The number of amides is 1. The van der Waals surface area contributed by atoms with E-state index in [2.05, 4.69) is 0 Å². The summed E-state index contributed by atoms with van der Waals surface area (Å²) in [5.74, 6) is -1.38. The molecule has 1 amide bonds. The van der Waals surface area contributed by atoms with Crippen molar-refractivity contribution in [3.63, 3.8) is 0 Å². The summed E-state index contributed by atoms with van der Waals surface area (Å²) in [7, 11) is -6.36. The highest BCUT2D eigenvalue weighted by Crippen LogP contribution is 2.18. The number of likely N-dealkylation sites (N-methyl/N-ethyl adjacent to an activating group) is 1. The highest BCUT2D eigenvalue weighted by atomic mass is 35.5. The molecule has 0 aliphatic carbocycles. The molecule has 2 aromatic rings. The van der Waals surface area contributed by atoms with Gasteiger partial charge in [0.15, 0.2) is 6.61 Å². The molecule has 0 saturated carbocycles. The van der Waals surface area contributed by atoms with Crippen LogP contribution < -0.4 is 0 Å². The van der Waals surface area contributed by atoms with Gasteiger partial charge in [-0.15, -0.1) is 0 Å². The fourth-order valence-electron chi connectivity index (χ4n) is 3.25. The highest BCUT2D eigenvalue weighted by Gasteiger charge is 2.30. The van der Waals surface area contributed by atoms with Gasteiger partial charge in [-0.25, -0.2) is 16.8 Å². The van der Waals surface area contributed by atoms with Crippen molar-refractivity contribution >= 4 is 43.5 Å². The number of hydrogen-bond acceptors (Lipinski definition) is 7. The second-order valence-corrected chi connectivity index (χ2v) is 11.9. The third kappa shape index (κ3) is 6.13. The van der Waals surface area contributed by atoms with Gasteiger partial charge in [0.25, 0.3) is 5.91 Å². The van der Waals surface area contributed by atoms with Crippen LogP contribution >= 0.6 is 11.6 Å². The standard InChI is InChI=1S/C21H24ClN3O7S2/c1-23(33(28,29)19-9-7-17(22)8-10-19)15-21(27)32-16-20(26)24-11-13-25(14-12-24)34(30,31)18-5-3-2-4-6-18/h2-10H,11-16H2,1H3. The van der Waals surface area contributed by atoms with E-state index in [0.717, 1.165) is 4.31 Å². The predicted molar refractivity (Wildman–Crippen MR) is 124 cm³/mol. The number of benzene rings is 2. The lowest BCUT2D eigenvalue weighted by atomic mass is 10.3. The summed E-state index contributed by atoms with van der Waals surface area (Å²) >= 11 is 5.77. The number of carbonyl (C=O) groups excluding carboxylic acids is 2. The van der Waals surface area contributed by atoms with Crippen molar-refractivity contribution in [1.82, 2.24) is 13.5 Å². The van der Waals surface area contributed by atoms with Crippen molar-refractivity contribution in [2.24, 2.45) is 0 Å². The average Bonchev–Trinajstić information content (AvgIpc) is 2.83. The molecule has 0 radical (unpaired) electrons. The summed E-state index contributed by atoms with van der Waals surface area (Å²) in [6, 6.07) is 13.5. The van der Waals surface area contributed by atoms with Crippen molar-refractivity contribution in [3.05, 3.63) is 59.6 Å². The molecule has 1 aliphatic heterocycles. The molecule has 0 unspecified atom stereocenters. The quantitative estimate of drug-likeness (QED) is 0.468. The SMILES string of the molecule is CN(CC(=O)OCC(=O)N1CCN(S(=O)(=O)c2ccccc2)CC1)S(=O)(=O)c1ccc(Cl)cc1. The Morgan fingerprint density at radius 2 is 1.50 bits per heavy atom. The second kappa shape index (κ2) is 10.8. The van der Waals surface area contributed by atoms with Gasteiger partial charge in [0.2, 0.25) is 20.0 Å². The van der Waals surface area contributed by atoms with E-state index >= 15 is 0 Å². The number of nitrogens with zero attached hydrogens (tertiary/aromatic N) is 3. The number of rotatable bonds is 8. The van der Waals surface area contributed by atoms with Crippen LogP contribution in [-0.4, -0.2) is 88.6 Å². The van der Waals surface area contributed by atoms with E-state index in [1.165, 1.54) is 52.7 Å². The van der Waals surface area contributed by atoms with Crippen molar-refractivity contribution in [3.8, 4) is 0 Å². The number of ether oxygens (including phenoxy) is 1. The van der Waals surface area contributed by atoms with Gasteiger partial charge in [-0.3, -0.25) is 9.59 Å². The fraction of sp³-hybridized carbons (Fsp3) is 0.333. The number of hydrogen-bond donors (Lipinski definition) is 0. The highest BCUT2D eigenvalue weighted by molar-refractivity contribution is 7.89. The zero-order chi connectivity index (χ0) is 24.9. The molecule has 1 fully saturated rings. The molecule has 3 rings (SSSR count). The van der Waals surface area contributed by atoms with E-state index in [1.807, 2.05) is 0 Å². The monoisotopic (exact) mass is 529 g/mol. The first kappa shape index (κ1) is 26.1. The Morgan fingerprint density at radius 1 is 0.912 bits per heavy atom. The first-order valence-electron chi connectivity index (χ1n) is 10.2. The van der Waals surface area contributed by atoms with Gasteiger partial charge in [-0.1, -0.05) is 29.8 Å². The lowest BCUT2D eigenvalue weighted by Gasteiger charge is -2.33. The minimum Gasteiger partial charge on any atom is -0.455 e. The Bertz CT molecular complexity index is 1230. The zero-order valence-corrected chi connectivity index (χ0v) is 20.7. The summed E-state index contributed by atoms with van der Waals surface area (Å²) in [5.41, 5.74) is 0. The van der Waals surface area contributed by atoms with E-state index in [-0.39, 0.29) is 36.0 Å². The molecular formula is C21H24ClN3O7S2. The summed E-state index contributed by atoms with van der Waals surface area (Å²) in [5, 5.41) is 0.373. The molecule has 13 heteroatoms. The van der Waals surface area contributed by atoms with Crippen molar-refractivity contribution < 1.29 is 31.2 Å². The van der Waals surface area contributed by atoms with Gasteiger partial charge in [0.05, 0.1) is 9.79 Å². The number of esters is 1. The molecule has 184 valence electrons. The van der Waals surface area contributed by atoms with Gasteiger partial charge in [-0.05, 0) is 36.4 Å². The average molecular weight is 530 g/mol. The normalized spacial score (nSPS) is 15.3. The van der Waals surface area contributed by atoms with Crippen LogP contribution in [0.3, 0.4) is 0 Å². The van der Waals surface area contributed by atoms with Crippen LogP contribution in [0.5, 0.6) is 0 Å². The first-order chi connectivity index (χ1) is 16.0. The summed E-state index contributed by atoms with van der Waals surface area (Å²) in [4.78, 5) is 26.1. The van der Waals surface area contributed by atoms with Gasteiger partial charge < -0.3 is 9.64 Å². The van der Waals surface area contributed by atoms with E-state index in [0.29, 0.717) is 5.02 Å². The summed E-state index contributed by atoms with van der Waals surface area (Å²) in [6.07, 6.45) is 0. The summed E-state index contributed by atoms with van der Waals surface area (Å²) in [6.45, 7) is -0.640. The smallest absolute Gasteiger partial charge is 0.321 e. The zero-order valence-electron chi connectivity index (χ0n) is 18.3. The Morgan fingerprint density at radius 3 is 2.09 bits per heavy atom. The molecule has 1 heterocycles. The fourth-order valence-corrected chi connectivity index (χ4v) is 5.94. The molecule has 0 spiro atoms. The molecule has 1 saturated heterocycles. The van der Waals surface area contributed by atoms with Crippen LogP contribution in [-0.2, 0) is 34.4 Å². The summed E-state index contributed by atoms with van der Waals surface area (Å²) < 4.78 is 57.5. The maximum absolute atomic E-state index is 12.7. The Hall–Kier alpha value is -2.51.